The van der Waals surface area contributed by atoms with Gasteiger partial charge >= 0.3 is 0 Å². The summed E-state index contributed by atoms with van der Waals surface area (Å²) in [4.78, 5) is 20.8. The highest BCUT2D eigenvalue weighted by Gasteiger charge is 2.19. The molecular formula is C11H13NO6. The Morgan fingerprint density at radius 3 is 2.61 bits per heavy atom. The molecule has 98 valence electrons. The van der Waals surface area contributed by atoms with Crippen molar-refractivity contribution in [1.29, 1.82) is 0 Å². The van der Waals surface area contributed by atoms with Gasteiger partial charge in [0.25, 0.3) is 5.69 Å². The number of hydrogen-bond donors (Lipinski definition) is 1. The first-order valence-corrected chi connectivity index (χ1v) is 5.12. The Balaban J connectivity index is 3.18. The highest BCUT2D eigenvalue weighted by atomic mass is 16.6. The minimum atomic E-state index is -0.723. The minimum Gasteiger partial charge on any atom is -0.493 e. The Morgan fingerprint density at radius 2 is 2.17 bits per heavy atom. The van der Waals surface area contributed by atoms with Crippen molar-refractivity contribution < 1.29 is 24.3 Å². The summed E-state index contributed by atoms with van der Waals surface area (Å²) in [5.74, 6) is 0.305. The van der Waals surface area contributed by atoms with Crippen molar-refractivity contribution in [3.05, 3.63) is 27.8 Å². The fourth-order valence-corrected chi connectivity index (χ4v) is 1.30. The third-order valence-electron chi connectivity index (χ3n) is 2.12. The number of aliphatic hydroxyl groups is 1. The lowest BCUT2D eigenvalue weighted by Gasteiger charge is -2.12. The van der Waals surface area contributed by atoms with Crippen LogP contribution < -0.4 is 9.47 Å². The van der Waals surface area contributed by atoms with Gasteiger partial charge in [-0.1, -0.05) is 0 Å². The van der Waals surface area contributed by atoms with Gasteiger partial charge in [-0.25, -0.2) is 0 Å². The van der Waals surface area contributed by atoms with Crippen LogP contribution in [0.15, 0.2) is 12.1 Å². The van der Waals surface area contributed by atoms with Crippen LogP contribution in [0.5, 0.6) is 11.5 Å². The zero-order valence-corrected chi connectivity index (χ0v) is 9.95. The third-order valence-corrected chi connectivity index (χ3v) is 2.12. The molecule has 0 spiro atoms. The van der Waals surface area contributed by atoms with E-state index >= 15 is 0 Å². The van der Waals surface area contributed by atoms with Gasteiger partial charge in [-0.3, -0.25) is 14.9 Å². The molecule has 7 heteroatoms. The largest absolute Gasteiger partial charge is 0.493 e. The summed E-state index contributed by atoms with van der Waals surface area (Å²) in [7, 11) is 1.35. The van der Waals surface area contributed by atoms with Crippen LogP contribution in [0.3, 0.4) is 0 Å². The van der Waals surface area contributed by atoms with E-state index in [-0.39, 0.29) is 29.4 Å². The molecule has 0 saturated carbocycles. The molecule has 1 unspecified atom stereocenters. The van der Waals surface area contributed by atoms with E-state index in [0.29, 0.717) is 6.29 Å². The molecule has 0 saturated heterocycles. The maximum atomic E-state index is 10.8. The molecule has 1 aromatic rings. The molecule has 0 heterocycles. The molecule has 1 aromatic carbocycles. The number of nitrogens with zero attached hydrogens (tertiary/aromatic N) is 1. The highest BCUT2D eigenvalue weighted by Crippen LogP contribution is 2.34. The molecule has 0 radical (unpaired) electrons. The van der Waals surface area contributed by atoms with Gasteiger partial charge in [0.15, 0.2) is 17.8 Å². The summed E-state index contributed by atoms with van der Waals surface area (Å²) in [5, 5.41) is 19.9. The van der Waals surface area contributed by atoms with E-state index in [0.717, 1.165) is 6.07 Å². The lowest BCUT2D eigenvalue weighted by molar-refractivity contribution is -0.385. The summed E-state index contributed by atoms with van der Waals surface area (Å²) >= 11 is 0. The fraction of sp³-hybridized carbons (Fsp3) is 0.364. The number of methoxy groups -OCH3 is 1. The number of aldehydes is 1. The van der Waals surface area contributed by atoms with E-state index < -0.39 is 11.0 Å². The summed E-state index contributed by atoms with van der Waals surface area (Å²) < 4.78 is 10.2. The predicted octanol–water partition coefficient (Wildman–Crippen LogP) is 1.18. The maximum absolute atomic E-state index is 10.8. The number of aliphatic hydroxyl groups excluding tert-OH is 1. The predicted molar refractivity (Wildman–Crippen MR) is 62.2 cm³/mol. The molecule has 0 aromatic heterocycles. The van der Waals surface area contributed by atoms with Crippen molar-refractivity contribution >= 4 is 12.0 Å². The average molecular weight is 255 g/mol. The van der Waals surface area contributed by atoms with Crippen molar-refractivity contribution in [2.45, 2.75) is 13.0 Å². The molecule has 0 amide bonds. The Labute approximate surface area is 103 Å². The second kappa shape index (κ2) is 5.97. The summed E-state index contributed by atoms with van der Waals surface area (Å²) in [6.45, 7) is 1.48. The molecule has 0 aliphatic heterocycles. The summed E-state index contributed by atoms with van der Waals surface area (Å²) in [5.41, 5.74) is -0.465. The topological polar surface area (TPSA) is 98.9 Å². The van der Waals surface area contributed by atoms with Gasteiger partial charge in [-0.05, 0) is 6.92 Å². The lowest BCUT2D eigenvalue weighted by Crippen LogP contribution is -2.13. The van der Waals surface area contributed by atoms with Crippen molar-refractivity contribution in [3.63, 3.8) is 0 Å². The molecule has 1 atom stereocenters. The zero-order valence-electron chi connectivity index (χ0n) is 9.95. The lowest BCUT2D eigenvalue weighted by atomic mass is 10.1. The molecule has 0 aliphatic carbocycles. The molecule has 1 rings (SSSR count). The normalized spacial score (nSPS) is 11.7. The number of hydrogen-bond acceptors (Lipinski definition) is 6. The smallest absolute Gasteiger partial charge is 0.283 e. The number of nitro groups is 1. The second-order valence-corrected chi connectivity index (χ2v) is 3.60. The van der Waals surface area contributed by atoms with Gasteiger partial charge < -0.3 is 14.6 Å². The first kappa shape index (κ1) is 13.9. The van der Waals surface area contributed by atoms with Crippen LogP contribution in [0.25, 0.3) is 0 Å². The minimum absolute atomic E-state index is 0.0338. The van der Waals surface area contributed by atoms with Gasteiger partial charge in [0, 0.05) is 6.07 Å². The van der Waals surface area contributed by atoms with Crippen LogP contribution in [-0.2, 0) is 0 Å². The van der Waals surface area contributed by atoms with E-state index in [2.05, 4.69) is 0 Å². The van der Waals surface area contributed by atoms with Crippen LogP contribution in [-0.4, -0.2) is 36.1 Å². The monoisotopic (exact) mass is 255 g/mol. The molecule has 7 nitrogen and oxygen atoms in total. The molecule has 0 aliphatic rings. The van der Waals surface area contributed by atoms with Crippen molar-refractivity contribution in [2.75, 3.05) is 13.7 Å². The van der Waals surface area contributed by atoms with Gasteiger partial charge in [-0.2, -0.15) is 0 Å². The number of benzene rings is 1. The van der Waals surface area contributed by atoms with Crippen LogP contribution in [0.2, 0.25) is 0 Å². The van der Waals surface area contributed by atoms with Crippen LogP contribution in [0.4, 0.5) is 5.69 Å². The quantitative estimate of drug-likeness (QED) is 0.465. The summed E-state index contributed by atoms with van der Waals surface area (Å²) in [6, 6.07) is 2.33. The standard InChI is InChI=1S/C11H13NO6/c1-7(14)6-18-11-4-9(12(15)16)8(5-13)3-10(11)17-2/h3-5,7,14H,6H2,1-2H3. The maximum Gasteiger partial charge on any atom is 0.283 e. The Bertz CT molecular complexity index is 457. The van der Waals surface area contributed by atoms with E-state index in [1.54, 1.807) is 0 Å². The molecule has 18 heavy (non-hydrogen) atoms. The molecular weight excluding hydrogens is 242 g/mol. The SMILES string of the molecule is COc1cc(C=O)c([N+](=O)[O-])cc1OCC(C)O. The first-order chi connectivity index (χ1) is 8.49. The van der Waals surface area contributed by atoms with E-state index in [4.69, 9.17) is 14.6 Å². The average Bonchev–Trinajstić information content (AvgIpc) is 2.34. The summed E-state index contributed by atoms with van der Waals surface area (Å²) in [6.07, 6.45) is -0.349. The van der Waals surface area contributed by atoms with Crippen LogP contribution >= 0.6 is 0 Å². The van der Waals surface area contributed by atoms with E-state index in [9.17, 15) is 14.9 Å². The second-order valence-electron chi connectivity index (χ2n) is 3.60. The fourth-order valence-electron chi connectivity index (χ4n) is 1.30. The number of rotatable bonds is 6. The molecule has 1 N–H and O–H groups in total. The van der Waals surface area contributed by atoms with E-state index in [1.807, 2.05) is 0 Å². The van der Waals surface area contributed by atoms with Crippen LogP contribution in [0, 0.1) is 10.1 Å². The van der Waals surface area contributed by atoms with Crippen molar-refractivity contribution in [3.8, 4) is 11.5 Å². The number of ether oxygens (including phenoxy) is 2. The third kappa shape index (κ3) is 3.17. The van der Waals surface area contributed by atoms with Gasteiger partial charge in [0.1, 0.15) is 6.61 Å². The first-order valence-electron chi connectivity index (χ1n) is 5.12. The number of carbonyl (C=O) groups excluding carboxylic acids is 1. The zero-order chi connectivity index (χ0) is 13.7. The molecule has 0 bridgehead atoms. The van der Waals surface area contributed by atoms with Crippen molar-refractivity contribution in [2.24, 2.45) is 0 Å². The van der Waals surface area contributed by atoms with Gasteiger partial charge in [0.05, 0.1) is 29.8 Å². The highest BCUT2D eigenvalue weighted by molar-refractivity contribution is 5.83. The molecule has 0 fully saturated rings. The number of carbonyl (C=O) groups is 1. The Hall–Kier alpha value is -2.15. The Morgan fingerprint density at radius 1 is 1.50 bits per heavy atom. The number of nitro benzene ring substituents is 1. The van der Waals surface area contributed by atoms with Gasteiger partial charge in [-0.15, -0.1) is 0 Å². The van der Waals surface area contributed by atoms with Crippen molar-refractivity contribution in [1.82, 2.24) is 0 Å². The Kier molecular flexibility index (Phi) is 4.61. The van der Waals surface area contributed by atoms with Gasteiger partial charge in [0.2, 0.25) is 0 Å². The van der Waals surface area contributed by atoms with E-state index in [1.165, 1.54) is 20.1 Å². The van der Waals surface area contributed by atoms with Crippen LogP contribution in [0.1, 0.15) is 17.3 Å².